The first-order valence-corrected chi connectivity index (χ1v) is 11.5. The molecule has 5 rings (SSSR count). The highest BCUT2D eigenvalue weighted by Gasteiger charge is 2.30. The molecule has 33 heavy (non-hydrogen) atoms. The van der Waals surface area contributed by atoms with Crippen molar-refractivity contribution in [1.82, 2.24) is 24.4 Å². The molecule has 10 heteroatoms. The fourth-order valence-electron chi connectivity index (χ4n) is 4.77. The van der Waals surface area contributed by atoms with Crippen LogP contribution in [0.2, 0.25) is 0 Å². The zero-order chi connectivity index (χ0) is 22.9. The highest BCUT2D eigenvalue weighted by molar-refractivity contribution is 5.77. The predicted molar refractivity (Wildman–Crippen MR) is 121 cm³/mol. The standard InChI is InChI=1S/C23H27F2N7O/c1-14(33)31-10-9-17(13-31)32-21-20(12-26-22(30-21)27-16-5-3-2-4-6-16)29-23(32)28-19-8-7-15(24)11-18(19)25/h7-8,11-12,16-17H,2-6,9-10,13H2,1H3,(H,28,29)(H,26,27,30)/t17-/m0/s1. The zero-order valence-corrected chi connectivity index (χ0v) is 18.5. The summed E-state index contributed by atoms with van der Waals surface area (Å²) in [6.07, 6.45) is 8.21. The van der Waals surface area contributed by atoms with E-state index in [1.807, 2.05) is 4.57 Å². The maximum Gasteiger partial charge on any atom is 0.224 e. The zero-order valence-electron chi connectivity index (χ0n) is 18.5. The highest BCUT2D eigenvalue weighted by Crippen LogP contribution is 2.32. The number of nitrogens with zero attached hydrogens (tertiary/aromatic N) is 5. The Bertz CT molecular complexity index is 1180. The van der Waals surface area contributed by atoms with Crippen molar-refractivity contribution in [3.8, 4) is 0 Å². The molecule has 0 unspecified atom stereocenters. The molecule has 2 aliphatic rings. The normalized spacial score (nSPS) is 19.2. The number of halogens is 2. The van der Waals surface area contributed by atoms with Crippen molar-refractivity contribution in [2.45, 2.75) is 57.5 Å². The number of carbonyl (C=O) groups is 1. The van der Waals surface area contributed by atoms with Crippen molar-refractivity contribution in [3.63, 3.8) is 0 Å². The van der Waals surface area contributed by atoms with Crippen LogP contribution in [-0.4, -0.2) is 49.5 Å². The summed E-state index contributed by atoms with van der Waals surface area (Å²) in [4.78, 5) is 27.5. The summed E-state index contributed by atoms with van der Waals surface area (Å²) in [5.41, 5.74) is 1.29. The molecule has 1 saturated carbocycles. The minimum atomic E-state index is -0.712. The number of benzene rings is 1. The molecule has 8 nitrogen and oxygen atoms in total. The summed E-state index contributed by atoms with van der Waals surface area (Å²) < 4.78 is 29.7. The number of rotatable bonds is 5. The number of hydrogen-bond acceptors (Lipinski definition) is 6. The number of amides is 1. The molecule has 2 aromatic heterocycles. The summed E-state index contributed by atoms with van der Waals surface area (Å²) in [7, 11) is 0. The molecule has 0 spiro atoms. The first-order valence-electron chi connectivity index (χ1n) is 11.5. The van der Waals surface area contributed by atoms with E-state index in [2.05, 4.69) is 20.6 Å². The fourth-order valence-corrected chi connectivity index (χ4v) is 4.77. The van der Waals surface area contributed by atoms with Gasteiger partial charge in [0, 0.05) is 32.1 Å². The van der Waals surface area contributed by atoms with Crippen LogP contribution in [0.4, 0.5) is 26.4 Å². The smallest absolute Gasteiger partial charge is 0.224 e. The summed E-state index contributed by atoms with van der Waals surface area (Å²) in [5, 5.41) is 6.44. The molecule has 1 aliphatic heterocycles. The number of fused-ring (bicyclic) bond motifs is 1. The molecule has 1 aliphatic carbocycles. The van der Waals surface area contributed by atoms with Crippen LogP contribution in [0, 0.1) is 11.6 Å². The second-order valence-electron chi connectivity index (χ2n) is 8.84. The minimum absolute atomic E-state index is 0.00953. The van der Waals surface area contributed by atoms with Crippen molar-refractivity contribution in [3.05, 3.63) is 36.0 Å². The van der Waals surface area contributed by atoms with E-state index in [0.29, 0.717) is 42.2 Å². The quantitative estimate of drug-likeness (QED) is 0.594. The predicted octanol–water partition coefficient (Wildman–Crippen LogP) is 4.39. The van der Waals surface area contributed by atoms with Gasteiger partial charge in [0.1, 0.15) is 17.2 Å². The molecule has 1 saturated heterocycles. The van der Waals surface area contributed by atoms with E-state index in [1.165, 1.54) is 31.4 Å². The Morgan fingerprint density at radius 2 is 1.94 bits per heavy atom. The molecular formula is C23H27F2N7O. The van der Waals surface area contributed by atoms with Crippen molar-refractivity contribution in [2.24, 2.45) is 0 Å². The van der Waals surface area contributed by atoms with E-state index in [4.69, 9.17) is 4.98 Å². The van der Waals surface area contributed by atoms with E-state index >= 15 is 0 Å². The number of imidazole rings is 1. The molecule has 3 heterocycles. The third kappa shape index (κ3) is 4.46. The van der Waals surface area contributed by atoms with Crippen LogP contribution in [-0.2, 0) is 4.79 Å². The van der Waals surface area contributed by atoms with Gasteiger partial charge in [0.25, 0.3) is 0 Å². The Labute approximate surface area is 190 Å². The molecule has 1 amide bonds. The largest absolute Gasteiger partial charge is 0.351 e. The molecule has 0 radical (unpaired) electrons. The molecule has 174 valence electrons. The third-order valence-electron chi connectivity index (χ3n) is 6.52. The van der Waals surface area contributed by atoms with Crippen LogP contribution < -0.4 is 10.6 Å². The second kappa shape index (κ2) is 8.92. The lowest BCUT2D eigenvalue weighted by atomic mass is 9.96. The van der Waals surface area contributed by atoms with Crippen LogP contribution in [0.25, 0.3) is 11.2 Å². The van der Waals surface area contributed by atoms with E-state index in [0.717, 1.165) is 25.3 Å². The summed E-state index contributed by atoms with van der Waals surface area (Å²) >= 11 is 0. The SMILES string of the molecule is CC(=O)N1CC[C@H](n2c(Nc3ccc(F)cc3F)nc3cnc(NC4CCCCC4)nc32)C1. The number of hydrogen-bond donors (Lipinski definition) is 2. The van der Waals surface area contributed by atoms with Gasteiger partial charge < -0.3 is 15.5 Å². The number of nitrogens with one attached hydrogen (secondary N) is 2. The van der Waals surface area contributed by atoms with Gasteiger partial charge in [-0.2, -0.15) is 4.98 Å². The van der Waals surface area contributed by atoms with Crippen LogP contribution in [0.15, 0.2) is 24.4 Å². The van der Waals surface area contributed by atoms with E-state index in [9.17, 15) is 13.6 Å². The minimum Gasteiger partial charge on any atom is -0.351 e. The van der Waals surface area contributed by atoms with Gasteiger partial charge in [0.2, 0.25) is 17.8 Å². The Kier molecular flexibility index (Phi) is 5.82. The van der Waals surface area contributed by atoms with Crippen molar-refractivity contribution in [1.29, 1.82) is 0 Å². The van der Waals surface area contributed by atoms with Crippen molar-refractivity contribution < 1.29 is 13.6 Å². The first-order chi connectivity index (χ1) is 16.0. The number of likely N-dealkylation sites (tertiary alicyclic amines) is 1. The number of anilines is 3. The van der Waals surface area contributed by atoms with Crippen molar-refractivity contribution in [2.75, 3.05) is 23.7 Å². The lowest BCUT2D eigenvalue weighted by Crippen LogP contribution is -2.26. The molecule has 2 N–H and O–H groups in total. The van der Waals surface area contributed by atoms with Crippen molar-refractivity contribution >= 4 is 34.7 Å². The molecule has 0 bridgehead atoms. The lowest BCUT2D eigenvalue weighted by molar-refractivity contribution is -0.127. The average Bonchev–Trinajstić information content (AvgIpc) is 3.41. The topological polar surface area (TPSA) is 88.0 Å². The van der Waals surface area contributed by atoms with E-state index in [1.54, 1.807) is 18.0 Å². The van der Waals surface area contributed by atoms with Gasteiger partial charge in [-0.1, -0.05) is 19.3 Å². The summed E-state index contributed by atoms with van der Waals surface area (Å²) in [6, 6.07) is 3.62. The van der Waals surface area contributed by atoms with Crippen LogP contribution in [0.5, 0.6) is 0 Å². The Morgan fingerprint density at radius 1 is 1.12 bits per heavy atom. The average molecular weight is 456 g/mol. The third-order valence-corrected chi connectivity index (χ3v) is 6.52. The van der Waals surface area contributed by atoms with E-state index in [-0.39, 0.29) is 17.6 Å². The van der Waals surface area contributed by atoms with Crippen LogP contribution in [0.1, 0.15) is 51.5 Å². The van der Waals surface area contributed by atoms with Gasteiger partial charge in [0.15, 0.2) is 5.65 Å². The molecule has 1 aromatic carbocycles. The maximum atomic E-state index is 14.4. The van der Waals surface area contributed by atoms with Gasteiger partial charge in [-0.05, 0) is 31.4 Å². The van der Waals surface area contributed by atoms with Gasteiger partial charge in [-0.25, -0.2) is 18.7 Å². The molecule has 1 atom stereocenters. The highest BCUT2D eigenvalue weighted by atomic mass is 19.1. The monoisotopic (exact) mass is 455 g/mol. The lowest BCUT2D eigenvalue weighted by Gasteiger charge is -2.22. The van der Waals surface area contributed by atoms with Gasteiger partial charge in [-0.15, -0.1) is 0 Å². The van der Waals surface area contributed by atoms with E-state index < -0.39 is 11.6 Å². The maximum absolute atomic E-state index is 14.4. The number of aromatic nitrogens is 4. The summed E-state index contributed by atoms with van der Waals surface area (Å²) in [6.45, 7) is 2.69. The fraction of sp³-hybridized carbons (Fsp3) is 0.478. The number of carbonyl (C=O) groups excluding carboxylic acids is 1. The van der Waals surface area contributed by atoms with Gasteiger partial charge in [-0.3, -0.25) is 9.36 Å². The second-order valence-corrected chi connectivity index (χ2v) is 8.84. The first kappa shape index (κ1) is 21.5. The Balaban J connectivity index is 1.52. The van der Waals surface area contributed by atoms with Gasteiger partial charge in [0.05, 0.1) is 17.9 Å². The molecule has 3 aromatic rings. The molecular weight excluding hydrogens is 428 g/mol. The van der Waals surface area contributed by atoms with Crippen LogP contribution >= 0.6 is 0 Å². The van der Waals surface area contributed by atoms with Crippen LogP contribution in [0.3, 0.4) is 0 Å². The van der Waals surface area contributed by atoms with Gasteiger partial charge >= 0.3 is 0 Å². The molecule has 2 fully saturated rings. The Hall–Kier alpha value is -3.30. The summed E-state index contributed by atoms with van der Waals surface area (Å²) in [5.74, 6) is -0.429. The Morgan fingerprint density at radius 3 is 2.67 bits per heavy atom.